The zero-order valence-electron chi connectivity index (χ0n) is 6.54. The standard InChI is InChI=1S/C9H5ClN2S/c10-8-3-6-7(12)2-1-5(4-11)9(6)13-8/h1-3H,12H2. The summed E-state index contributed by atoms with van der Waals surface area (Å²) in [5.74, 6) is 0. The van der Waals surface area contributed by atoms with E-state index in [4.69, 9.17) is 22.6 Å². The van der Waals surface area contributed by atoms with Crippen LogP contribution in [-0.4, -0.2) is 0 Å². The molecule has 0 aliphatic carbocycles. The van der Waals surface area contributed by atoms with Crippen LogP contribution in [0.15, 0.2) is 18.2 Å². The monoisotopic (exact) mass is 208 g/mol. The quantitative estimate of drug-likeness (QED) is 0.677. The van der Waals surface area contributed by atoms with E-state index in [9.17, 15) is 0 Å². The van der Waals surface area contributed by atoms with Crippen molar-refractivity contribution in [2.75, 3.05) is 5.73 Å². The molecule has 0 saturated carbocycles. The van der Waals surface area contributed by atoms with Crippen LogP contribution in [0, 0.1) is 11.3 Å². The Balaban J connectivity index is 2.94. The largest absolute Gasteiger partial charge is 0.398 e. The lowest BCUT2D eigenvalue weighted by Gasteiger charge is -1.95. The number of thiophene rings is 1. The minimum atomic E-state index is 0.626. The molecule has 0 unspecified atom stereocenters. The number of hydrogen-bond donors (Lipinski definition) is 1. The highest BCUT2D eigenvalue weighted by Crippen LogP contribution is 2.34. The van der Waals surface area contributed by atoms with Crippen LogP contribution < -0.4 is 5.73 Å². The Bertz CT molecular complexity index is 510. The highest BCUT2D eigenvalue weighted by molar-refractivity contribution is 7.23. The van der Waals surface area contributed by atoms with Crippen molar-refractivity contribution in [2.24, 2.45) is 0 Å². The summed E-state index contributed by atoms with van der Waals surface area (Å²) in [4.78, 5) is 0. The summed E-state index contributed by atoms with van der Waals surface area (Å²) in [6.45, 7) is 0. The van der Waals surface area contributed by atoms with Crippen molar-refractivity contribution in [3.63, 3.8) is 0 Å². The second-order valence-corrected chi connectivity index (χ2v) is 4.29. The first-order valence-corrected chi connectivity index (χ1v) is 4.79. The van der Waals surface area contributed by atoms with E-state index in [-0.39, 0.29) is 0 Å². The molecule has 13 heavy (non-hydrogen) atoms. The number of halogens is 1. The van der Waals surface area contributed by atoms with E-state index in [1.54, 1.807) is 18.2 Å². The van der Waals surface area contributed by atoms with Gasteiger partial charge in [0.1, 0.15) is 6.07 Å². The van der Waals surface area contributed by atoms with E-state index in [1.165, 1.54) is 11.3 Å². The molecule has 1 heterocycles. The Morgan fingerprint density at radius 2 is 2.23 bits per heavy atom. The fraction of sp³-hybridized carbons (Fsp3) is 0. The molecule has 1 aromatic heterocycles. The smallest absolute Gasteiger partial charge is 0.101 e. The Morgan fingerprint density at radius 3 is 2.92 bits per heavy atom. The average Bonchev–Trinajstić information content (AvgIpc) is 2.48. The topological polar surface area (TPSA) is 49.8 Å². The number of fused-ring (bicyclic) bond motifs is 1. The van der Waals surface area contributed by atoms with Gasteiger partial charge in [-0.25, -0.2) is 0 Å². The summed E-state index contributed by atoms with van der Waals surface area (Å²) in [6, 6.07) is 7.34. The number of nitriles is 1. The van der Waals surface area contributed by atoms with Gasteiger partial charge in [0.2, 0.25) is 0 Å². The number of rotatable bonds is 0. The second-order valence-electron chi connectivity index (χ2n) is 2.61. The summed E-state index contributed by atoms with van der Waals surface area (Å²) in [5, 5.41) is 9.68. The van der Waals surface area contributed by atoms with Gasteiger partial charge in [-0.15, -0.1) is 11.3 Å². The van der Waals surface area contributed by atoms with Crippen molar-refractivity contribution in [1.82, 2.24) is 0 Å². The van der Waals surface area contributed by atoms with E-state index in [1.807, 2.05) is 0 Å². The third-order valence-electron chi connectivity index (χ3n) is 1.81. The van der Waals surface area contributed by atoms with E-state index in [2.05, 4.69) is 6.07 Å². The average molecular weight is 209 g/mol. The van der Waals surface area contributed by atoms with E-state index in [0.717, 1.165) is 10.1 Å². The first-order chi connectivity index (χ1) is 6.22. The third-order valence-corrected chi connectivity index (χ3v) is 3.11. The van der Waals surface area contributed by atoms with Gasteiger partial charge in [0.15, 0.2) is 0 Å². The number of nitrogens with two attached hydrogens (primary N) is 1. The number of anilines is 1. The predicted octanol–water partition coefficient (Wildman–Crippen LogP) is 3.01. The molecular formula is C9H5ClN2S. The first kappa shape index (κ1) is 8.36. The van der Waals surface area contributed by atoms with E-state index < -0.39 is 0 Å². The Labute approximate surface area is 84.2 Å². The van der Waals surface area contributed by atoms with Crippen molar-refractivity contribution >= 4 is 38.7 Å². The summed E-state index contributed by atoms with van der Waals surface area (Å²) in [5.41, 5.74) is 7.02. The molecule has 0 spiro atoms. The van der Waals surface area contributed by atoms with Gasteiger partial charge < -0.3 is 5.73 Å². The lowest BCUT2D eigenvalue weighted by atomic mass is 10.1. The fourth-order valence-corrected chi connectivity index (χ4v) is 2.42. The molecular weight excluding hydrogens is 204 g/mol. The van der Waals surface area contributed by atoms with Crippen LogP contribution in [-0.2, 0) is 0 Å². The molecule has 0 atom stereocenters. The summed E-state index contributed by atoms with van der Waals surface area (Å²) < 4.78 is 1.52. The molecule has 4 heteroatoms. The van der Waals surface area contributed by atoms with Crippen molar-refractivity contribution < 1.29 is 0 Å². The SMILES string of the molecule is N#Cc1ccc(N)c2cc(Cl)sc12. The van der Waals surface area contributed by atoms with Crippen molar-refractivity contribution in [2.45, 2.75) is 0 Å². The van der Waals surface area contributed by atoms with Gasteiger partial charge in [-0.05, 0) is 18.2 Å². The van der Waals surface area contributed by atoms with Crippen LogP contribution >= 0.6 is 22.9 Å². The molecule has 0 bridgehead atoms. The zero-order valence-corrected chi connectivity index (χ0v) is 8.12. The van der Waals surface area contributed by atoms with Crippen LogP contribution in [0.3, 0.4) is 0 Å². The highest BCUT2D eigenvalue weighted by Gasteiger charge is 2.07. The molecule has 0 amide bonds. The number of hydrogen-bond acceptors (Lipinski definition) is 3. The van der Waals surface area contributed by atoms with Gasteiger partial charge in [-0.3, -0.25) is 0 Å². The normalized spacial score (nSPS) is 10.2. The van der Waals surface area contributed by atoms with Crippen LogP contribution in [0.4, 0.5) is 5.69 Å². The maximum Gasteiger partial charge on any atom is 0.101 e. The van der Waals surface area contributed by atoms with Crippen molar-refractivity contribution in [3.8, 4) is 6.07 Å². The fourth-order valence-electron chi connectivity index (χ4n) is 1.20. The molecule has 1 aromatic carbocycles. The van der Waals surface area contributed by atoms with E-state index in [0.29, 0.717) is 15.6 Å². The van der Waals surface area contributed by atoms with Gasteiger partial charge in [0, 0.05) is 11.1 Å². The highest BCUT2D eigenvalue weighted by atomic mass is 35.5. The van der Waals surface area contributed by atoms with Crippen LogP contribution in [0.1, 0.15) is 5.56 Å². The van der Waals surface area contributed by atoms with Gasteiger partial charge >= 0.3 is 0 Å². The predicted molar refractivity (Wildman–Crippen MR) is 56.0 cm³/mol. The lowest BCUT2D eigenvalue weighted by Crippen LogP contribution is -1.85. The number of benzene rings is 1. The molecule has 0 saturated heterocycles. The zero-order chi connectivity index (χ0) is 9.42. The molecule has 2 aromatic rings. The van der Waals surface area contributed by atoms with E-state index >= 15 is 0 Å². The van der Waals surface area contributed by atoms with Crippen molar-refractivity contribution in [3.05, 3.63) is 28.1 Å². The number of nitrogens with zero attached hydrogens (tertiary/aromatic N) is 1. The molecule has 2 N–H and O–H groups in total. The summed E-state index contributed by atoms with van der Waals surface area (Å²) in [6.07, 6.45) is 0. The van der Waals surface area contributed by atoms with Crippen LogP contribution in [0.25, 0.3) is 10.1 Å². The second kappa shape index (κ2) is 2.91. The van der Waals surface area contributed by atoms with Gasteiger partial charge in [0.05, 0.1) is 14.6 Å². The minimum absolute atomic E-state index is 0.626. The summed E-state index contributed by atoms with van der Waals surface area (Å²) in [7, 11) is 0. The van der Waals surface area contributed by atoms with Crippen molar-refractivity contribution in [1.29, 1.82) is 5.26 Å². The summed E-state index contributed by atoms with van der Waals surface area (Å²) >= 11 is 7.22. The lowest BCUT2D eigenvalue weighted by molar-refractivity contribution is 1.51. The Kier molecular flexibility index (Phi) is 1.87. The maximum absolute atomic E-state index is 8.81. The molecule has 0 radical (unpaired) electrons. The van der Waals surface area contributed by atoms with Gasteiger partial charge in [0.25, 0.3) is 0 Å². The first-order valence-electron chi connectivity index (χ1n) is 3.60. The molecule has 64 valence electrons. The van der Waals surface area contributed by atoms with Crippen LogP contribution in [0.5, 0.6) is 0 Å². The van der Waals surface area contributed by atoms with Gasteiger partial charge in [-0.1, -0.05) is 11.6 Å². The molecule has 0 fully saturated rings. The molecule has 2 nitrogen and oxygen atoms in total. The Morgan fingerprint density at radius 1 is 1.46 bits per heavy atom. The number of nitrogen functional groups attached to an aromatic ring is 1. The molecule has 2 rings (SSSR count). The minimum Gasteiger partial charge on any atom is -0.398 e. The Hall–Kier alpha value is -1.24. The molecule has 0 aliphatic heterocycles. The maximum atomic E-state index is 8.81. The third kappa shape index (κ3) is 1.24. The molecule has 0 aliphatic rings. The van der Waals surface area contributed by atoms with Crippen LogP contribution in [0.2, 0.25) is 4.34 Å². The van der Waals surface area contributed by atoms with Gasteiger partial charge in [-0.2, -0.15) is 5.26 Å².